The van der Waals surface area contributed by atoms with Gasteiger partial charge in [-0.25, -0.2) is 4.79 Å². The van der Waals surface area contributed by atoms with Gasteiger partial charge >= 0.3 is 11.9 Å². The second-order valence-electron chi connectivity index (χ2n) is 17.1. The first-order valence-corrected chi connectivity index (χ1v) is 19.1. The number of hydrogen-bond acceptors (Lipinski definition) is 12. The van der Waals surface area contributed by atoms with E-state index >= 15 is 0 Å². The fourth-order valence-electron chi connectivity index (χ4n) is 11.0. The molecule has 1 aliphatic heterocycles. The van der Waals surface area contributed by atoms with E-state index in [1.54, 1.807) is 44.2 Å². The van der Waals surface area contributed by atoms with Crippen molar-refractivity contribution in [2.45, 2.75) is 110 Å². The van der Waals surface area contributed by atoms with Gasteiger partial charge in [-0.2, -0.15) is 0 Å². The molecule has 2 bridgehead atoms. The molecule has 1 heterocycles. The Balaban J connectivity index is 1.36. The number of rotatable bonds is 11. The average Bonchev–Trinajstić information content (AvgIpc) is 3.13. The van der Waals surface area contributed by atoms with Crippen molar-refractivity contribution < 1.29 is 48.7 Å². The standard InChI is InChI=1S/C40H56BN2O10/c1-23-27(21-40(50)24(2)34-38(5)14-12-26(38)20-28(45)39(34,6)35(48)32(47)30(23)37(40,3)4)52-36(49)33(31(42-41-22-44)25-10-8-7-9-11-25)53-29(46)13-15-43-16-18-51-19-17-43/h7-11,22,24,26-28,31-34,42,45,47,50H,12-21H2,1-6H3/t24-,26+,27-,28-,31-,32+,33+,34+,38+,39+,40+/m0/s1. The minimum Gasteiger partial charge on any atom is -0.455 e. The maximum Gasteiger partial charge on any atom is 0.350 e. The number of morpholine rings is 1. The van der Waals surface area contributed by atoms with Crippen LogP contribution in [0.4, 0.5) is 0 Å². The van der Waals surface area contributed by atoms with Crippen molar-refractivity contribution in [2.24, 2.45) is 34.0 Å². The van der Waals surface area contributed by atoms with E-state index in [0.717, 1.165) is 20.3 Å². The highest BCUT2D eigenvalue weighted by molar-refractivity contribution is 6.64. The molecule has 11 atom stereocenters. The number of ether oxygens (including phenoxy) is 3. The molecule has 53 heavy (non-hydrogen) atoms. The van der Waals surface area contributed by atoms with Crippen LogP contribution in [-0.2, 0) is 33.4 Å². The van der Waals surface area contributed by atoms with Gasteiger partial charge in [-0.3, -0.25) is 14.5 Å². The molecule has 5 aliphatic rings. The van der Waals surface area contributed by atoms with Crippen LogP contribution < -0.4 is 5.23 Å². The summed E-state index contributed by atoms with van der Waals surface area (Å²) in [4.78, 5) is 56.1. The first-order chi connectivity index (χ1) is 25.0. The molecular formula is C40H56BN2O10. The smallest absolute Gasteiger partial charge is 0.350 e. The van der Waals surface area contributed by atoms with Crippen LogP contribution in [-0.4, -0.2) is 114 Å². The third kappa shape index (κ3) is 6.63. The summed E-state index contributed by atoms with van der Waals surface area (Å²) in [6.07, 6.45) is -2.60. The van der Waals surface area contributed by atoms with Crippen LogP contribution in [0.1, 0.15) is 85.3 Å². The number of esters is 2. The number of carbonyl (C=O) groups is 4. The molecule has 4 aliphatic carbocycles. The maximum absolute atomic E-state index is 14.6. The lowest BCUT2D eigenvalue weighted by Gasteiger charge is -2.69. The molecular weight excluding hydrogens is 679 g/mol. The zero-order valence-electron chi connectivity index (χ0n) is 31.9. The second kappa shape index (κ2) is 15.0. The highest BCUT2D eigenvalue weighted by Gasteiger charge is 2.72. The van der Waals surface area contributed by atoms with Crippen molar-refractivity contribution in [1.82, 2.24) is 10.1 Å². The molecule has 1 saturated heterocycles. The van der Waals surface area contributed by atoms with Crippen molar-refractivity contribution in [3.8, 4) is 0 Å². The number of Topliss-reactive ketones (excluding diaryl/α,β-unsaturated/α-hetero) is 1. The highest BCUT2D eigenvalue weighted by atomic mass is 16.6. The molecule has 0 unspecified atom stereocenters. The van der Waals surface area contributed by atoms with Crippen LogP contribution in [0, 0.1) is 34.0 Å². The molecule has 289 valence electrons. The van der Waals surface area contributed by atoms with Crippen molar-refractivity contribution in [2.75, 3.05) is 32.8 Å². The molecule has 1 aromatic rings. The van der Waals surface area contributed by atoms with Gasteiger partial charge in [0.05, 0.1) is 49.0 Å². The molecule has 13 heteroatoms. The Labute approximate surface area is 313 Å². The number of aliphatic hydroxyl groups excluding tert-OH is 2. The predicted molar refractivity (Wildman–Crippen MR) is 196 cm³/mol. The van der Waals surface area contributed by atoms with Gasteiger partial charge in [0.1, 0.15) is 12.2 Å². The summed E-state index contributed by atoms with van der Waals surface area (Å²) >= 11 is 0. The van der Waals surface area contributed by atoms with Gasteiger partial charge in [-0.1, -0.05) is 58.0 Å². The number of carbonyl (C=O) groups excluding carboxylic acids is 4. The minimum atomic E-state index is -1.66. The normalized spacial score (nSPS) is 37.8. The van der Waals surface area contributed by atoms with Crippen molar-refractivity contribution in [3.05, 3.63) is 47.0 Å². The largest absolute Gasteiger partial charge is 0.455 e. The first kappa shape index (κ1) is 39.7. The summed E-state index contributed by atoms with van der Waals surface area (Å²) in [5.41, 5.74) is -3.13. The van der Waals surface area contributed by atoms with Crippen molar-refractivity contribution in [1.29, 1.82) is 0 Å². The molecule has 6 rings (SSSR count). The number of nitrogens with zero attached hydrogens (tertiary/aromatic N) is 1. The number of ketones is 1. The predicted octanol–water partition coefficient (Wildman–Crippen LogP) is 2.53. The van der Waals surface area contributed by atoms with Crippen LogP contribution in [0.3, 0.4) is 0 Å². The van der Waals surface area contributed by atoms with E-state index in [4.69, 9.17) is 14.2 Å². The van der Waals surface area contributed by atoms with Gasteiger partial charge in [0.25, 0.3) is 7.41 Å². The number of benzene rings is 1. The number of hydrogen-bond donors (Lipinski definition) is 4. The van der Waals surface area contributed by atoms with Crippen LogP contribution in [0.25, 0.3) is 0 Å². The van der Waals surface area contributed by atoms with Gasteiger partial charge in [-0.05, 0) is 73.0 Å². The van der Waals surface area contributed by atoms with Crippen LogP contribution in [0.2, 0.25) is 0 Å². The average molecular weight is 736 g/mol. The fraction of sp³-hybridized carbons (Fsp3) is 0.700. The van der Waals surface area contributed by atoms with Gasteiger partial charge in [0.2, 0.25) is 6.10 Å². The van der Waals surface area contributed by atoms with Crippen molar-refractivity contribution >= 4 is 31.3 Å². The lowest BCUT2D eigenvalue weighted by molar-refractivity contribution is -0.246. The first-order valence-electron chi connectivity index (χ1n) is 19.1. The van der Waals surface area contributed by atoms with Gasteiger partial charge in [-0.15, -0.1) is 0 Å². The van der Waals surface area contributed by atoms with Gasteiger partial charge in [0.15, 0.2) is 5.78 Å². The highest BCUT2D eigenvalue weighted by Crippen LogP contribution is 2.70. The molecule has 0 amide bonds. The van der Waals surface area contributed by atoms with Crippen LogP contribution >= 0.6 is 0 Å². The molecule has 0 aromatic heterocycles. The second-order valence-corrected chi connectivity index (χ2v) is 17.1. The Morgan fingerprint density at radius 2 is 1.81 bits per heavy atom. The Bertz CT molecular complexity index is 1600. The number of fused-ring (bicyclic) bond motifs is 5. The van der Waals surface area contributed by atoms with E-state index in [9.17, 15) is 34.5 Å². The summed E-state index contributed by atoms with van der Waals surface area (Å²) in [6, 6.07) is 7.79. The maximum atomic E-state index is 14.6. The van der Waals surface area contributed by atoms with Crippen LogP contribution in [0.15, 0.2) is 41.5 Å². The summed E-state index contributed by atoms with van der Waals surface area (Å²) in [5.74, 6) is -2.89. The van der Waals surface area contributed by atoms with Gasteiger partial charge < -0.3 is 39.6 Å². The summed E-state index contributed by atoms with van der Waals surface area (Å²) in [6.45, 7) is 14.0. The lowest BCUT2D eigenvalue weighted by Crippen LogP contribution is -2.72. The third-order valence-electron chi connectivity index (χ3n) is 14.3. The molecule has 1 aromatic carbocycles. The molecule has 1 radical (unpaired) electrons. The van der Waals surface area contributed by atoms with Gasteiger partial charge in [0, 0.05) is 31.5 Å². The molecule has 0 spiro atoms. The van der Waals surface area contributed by atoms with E-state index in [-0.39, 0.29) is 29.7 Å². The van der Waals surface area contributed by atoms with E-state index in [1.807, 2.05) is 20.8 Å². The SMILES string of the molecule is CC1=C2[C@@H](O)C(=O)[C@@]3(C)[C@H]([C@H](C)[C@](O)(C[C@@H]1OC(=O)[C@H](OC(=O)CCN1CCOCC1)[C@@H](N[B]C=O)c1ccccc1)C2(C)C)[C@]1(C)CC[C@@H]1C[C@@H]3O. The van der Waals surface area contributed by atoms with E-state index in [1.165, 1.54) is 0 Å². The summed E-state index contributed by atoms with van der Waals surface area (Å²) in [5, 5.41) is 39.7. The molecule has 12 nitrogen and oxygen atoms in total. The molecule has 4 N–H and O–H groups in total. The Hall–Kier alpha value is -2.94. The summed E-state index contributed by atoms with van der Waals surface area (Å²) in [7, 11) is 1.13. The van der Waals surface area contributed by atoms with E-state index in [2.05, 4.69) is 17.1 Å². The van der Waals surface area contributed by atoms with Crippen LogP contribution in [0.5, 0.6) is 0 Å². The topological polar surface area (TPSA) is 172 Å². The Morgan fingerprint density at radius 1 is 1.13 bits per heavy atom. The van der Waals surface area contributed by atoms with E-state index < -0.39 is 76.4 Å². The third-order valence-corrected chi connectivity index (χ3v) is 14.3. The quantitative estimate of drug-likeness (QED) is 0.114. The van der Waals surface area contributed by atoms with E-state index in [0.29, 0.717) is 56.6 Å². The zero-order valence-corrected chi connectivity index (χ0v) is 31.9. The minimum absolute atomic E-state index is 0.000715. The number of aliphatic hydroxyl groups is 3. The molecule has 4 fully saturated rings. The number of nitrogens with one attached hydrogen (secondary N) is 1. The Kier molecular flexibility index (Phi) is 11.2. The lowest BCUT2D eigenvalue weighted by atomic mass is 9.36. The molecule has 3 saturated carbocycles. The fourth-order valence-corrected chi connectivity index (χ4v) is 11.0. The van der Waals surface area contributed by atoms with Crippen molar-refractivity contribution in [3.63, 3.8) is 0 Å². The monoisotopic (exact) mass is 735 g/mol. The Morgan fingerprint density at radius 3 is 2.43 bits per heavy atom. The summed E-state index contributed by atoms with van der Waals surface area (Å²) < 4.78 is 17.6. The zero-order chi connectivity index (χ0) is 38.5.